The molecule has 122 valence electrons. The van der Waals surface area contributed by atoms with Crippen LogP contribution in [0.15, 0.2) is 0 Å². The normalized spacial score (nSPS) is 28.1. The Morgan fingerprint density at radius 3 is 2.57 bits per heavy atom. The van der Waals surface area contributed by atoms with Gasteiger partial charge < -0.3 is 15.4 Å². The highest BCUT2D eigenvalue weighted by atomic mass is 32.1. The maximum atomic E-state index is 5.49. The lowest BCUT2D eigenvalue weighted by molar-refractivity contribution is -0.00831. The first-order valence-corrected chi connectivity index (χ1v) is 8.77. The lowest BCUT2D eigenvalue weighted by atomic mass is 9.86. The van der Waals surface area contributed by atoms with E-state index in [1.165, 1.54) is 25.7 Å². The average Bonchev–Trinajstić information content (AvgIpc) is 2.49. The zero-order valence-corrected chi connectivity index (χ0v) is 14.6. The van der Waals surface area contributed by atoms with Crippen molar-refractivity contribution in [2.24, 2.45) is 5.92 Å². The Labute approximate surface area is 135 Å². The number of hydrogen-bond donors (Lipinski definition) is 2. The van der Waals surface area contributed by atoms with E-state index in [1.807, 2.05) is 0 Å². The Morgan fingerprint density at radius 1 is 1.24 bits per heavy atom. The third-order valence-electron chi connectivity index (χ3n) is 4.98. The summed E-state index contributed by atoms with van der Waals surface area (Å²) in [7, 11) is 0. The molecule has 2 N–H and O–H groups in total. The number of hydrogen-bond acceptors (Lipinski definition) is 3. The van der Waals surface area contributed by atoms with Crippen LogP contribution in [0.5, 0.6) is 0 Å². The van der Waals surface area contributed by atoms with Crippen molar-refractivity contribution in [3.8, 4) is 0 Å². The summed E-state index contributed by atoms with van der Waals surface area (Å²) >= 11 is 5.49. The molecule has 1 heterocycles. The molecule has 0 aromatic rings. The van der Waals surface area contributed by atoms with Crippen LogP contribution in [0, 0.1) is 5.92 Å². The summed E-state index contributed by atoms with van der Waals surface area (Å²) in [6, 6.07) is 0.547. The fourth-order valence-electron chi connectivity index (χ4n) is 3.33. The minimum absolute atomic E-state index is 0.105. The maximum absolute atomic E-state index is 5.49. The zero-order valence-electron chi connectivity index (χ0n) is 13.8. The van der Waals surface area contributed by atoms with Gasteiger partial charge in [-0.05, 0) is 44.8 Å². The molecule has 2 rings (SSSR count). The van der Waals surface area contributed by atoms with Crippen molar-refractivity contribution >= 4 is 17.3 Å². The molecule has 0 bridgehead atoms. The van der Waals surface area contributed by atoms with Crippen LogP contribution in [0.2, 0.25) is 0 Å². The van der Waals surface area contributed by atoms with Crippen molar-refractivity contribution in [3.05, 3.63) is 0 Å². The van der Waals surface area contributed by atoms with Gasteiger partial charge in [0.15, 0.2) is 5.11 Å². The second kappa shape index (κ2) is 7.75. The van der Waals surface area contributed by atoms with Gasteiger partial charge in [0.25, 0.3) is 0 Å². The fraction of sp³-hybridized carbons (Fsp3) is 0.938. The molecule has 1 aliphatic carbocycles. The monoisotopic (exact) mass is 313 g/mol. The first-order valence-electron chi connectivity index (χ1n) is 8.36. The fourth-order valence-corrected chi connectivity index (χ4v) is 3.55. The minimum atomic E-state index is 0.105. The van der Waals surface area contributed by atoms with Crippen LogP contribution in [0.3, 0.4) is 0 Å². The molecule has 2 atom stereocenters. The van der Waals surface area contributed by atoms with Crippen LogP contribution in [0.4, 0.5) is 0 Å². The maximum Gasteiger partial charge on any atom is 0.166 e. The molecule has 5 heteroatoms. The van der Waals surface area contributed by atoms with Crippen molar-refractivity contribution in [2.75, 3.05) is 32.8 Å². The van der Waals surface area contributed by atoms with Crippen LogP contribution >= 0.6 is 12.2 Å². The summed E-state index contributed by atoms with van der Waals surface area (Å²) in [6.07, 6.45) is 5.25. The predicted octanol–water partition coefficient (Wildman–Crippen LogP) is 2.14. The topological polar surface area (TPSA) is 36.5 Å². The van der Waals surface area contributed by atoms with Gasteiger partial charge in [-0.25, -0.2) is 0 Å². The standard InChI is InChI=1S/C16H31N3OS/c1-13-6-4-5-7-14(13)18-15(21)17-12-16(2,3)19-8-10-20-11-9-19/h13-14H,4-12H2,1-3H3,(H2,17,18,21)/t13-,14+/m0/s1. The molecule has 0 unspecified atom stereocenters. The first-order chi connectivity index (χ1) is 9.99. The van der Waals surface area contributed by atoms with E-state index in [-0.39, 0.29) is 5.54 Å². The molecular weight excluding hydrogens is 282 g/mol. The summed E-state index contributed by atoms with van der Waals surface area (Å²) in [6.45, 7) is 11.5. The highest BCUT2D eigenvalue weighted by Crippen LogP contribution is 2.23. The van der Waals surface area contributed by atoms with Crippen LogP contribution < -0.4 is 10.6 Å². The Hall–Kier alpha value is -0.390. The van der Waals surface area contributed by atoms with Crippen LogP contribution in [-0.2, 0) is 4.74 Å². The molecule has 2 aliphatic rings. The van der Waals surface area contributed by atoms with E-state index in [9.17, 15) is 0 Å². The van der Waals surface area contributed by atoms with Crippen LogP contribution in [0.25, 0.3) is 0 Å². The first kappa shape index (κ1) is 17.0. The number of nitrogens with one attached hydrogen (secondary N) is 2. The van der Waals surface area contributed by atoms with Gasteiger partial charge in [-0.2, -0.15) is 0 Å². The van der Waals surface area contributed by atoms with E-state index in [0.29, 0.717) is 6.04 Å². The van der Waals surface area contributed by atoms with Gasteiger partial charge in [-0.15, -0.1) is 0 Å². The van der Waals surface area contributed by atoms with Gasteiger partial charge in [-0.1, -0.05) is 19.8 Å². The molecular formula is C16H31N3OS. The lowest BCUT2D eigenvalue weighted by Gasteiger charge is -2.41. The van der Waals surface area contributed by atoms with E-state index in [1.54, 1.807) is 0 Å². The summed E-state index contributed by atoms with van der Waals surface area (Å²) in [5, 5.41) is 7.76. The third-order valence-corrected chi connectivity index (χ3v) is 5.24. The van der Waals surface area contributed by atoms with Crippen LogP contribution in [0.1, 0.15) is 46.5 Å². The highest BCUT2D eigenvalue weighted by Gasteiger charge is 2.28. The molecule has 1 saturated carbocycles. The summed E-state index contributed by atoms with van der Waals surface area (Å²) in [4.78, 5) is 2.48. The van der Waals surface area contributed by atoms with E-state index in [0.717, 1.165) is 43.9 Å². The summed E-state index contributed by atoms with van der Waals surface area (Å²) < 4.78 is 5.43. The molecule has 0 spiro atoms. The molecule has 2 fully saturated rings. The lowest BCUT2D eigenvalue weighted by Crippen LogP contribution is -2.57. The number of thiocarbonyl (C=S) groups is 1. The van der Waals surface area contributed by atoms with Crippen molar-refractivity contribution in [2.45, 2.75) is 58.0 Å². The SMILES string of the molecule is C[C@H]1CCCC[C@H]1NC(=S)NCC(C)(C)N1CCOCC1. The predicted molar refractivity (Wildman–Crippen MR) is 91.6 cm³/mol. The molecule has 0 aromatic carbocycles. The molecule has 21 heavy (non-hydrogen) atoms. The van der Waals surface area contributed by atoms with Gasteiger partial charge in [0.2, 0.25) is 0 Å². The van der Waals surface area contributed by atoms with Gasteiger partial charge in [-0.3, -0.25) is 4.90 Å². The van der Waals surface area contributed by atoms with Crippen molar-refractivity contribution in [3.63, 3.8) is 0 Å². The smallest absolute Gasteiger partial charge is 0.166 e. The van der Waals surface area contributed by atoms with Gasteiger partial charge >= 0.3 is 0 Å². The quantitative estimate of drug-likeness (QED) is 0.778. The number of morpholine rings is 1. The van der Waals surface area contributed by atoms with Gasteiger partial charge in [0.05, 0.1) is 13.2 Å². The second-order valence-corrected chi connectivity index (χ2v) is 7.52. The molecule has 0 amide bonds. The Morgan fingerprint density at radius 2 is 1.90 bits per heavy atom. The Kier molecular flexibility index (Phi) is 6.26. The average molecular weight is 314 g/mol. The number of rotatable bonds is 4. The molecule has 1 aliphatic heterocycles. The zero-order chi connectivity index (χ0) is 15.3. The number of ether oxygens (including phenoxy) is 1. The molecule has 4 nitrogen and oxygen atoms in total. The molecule has 0 radical (unpaired) electrons. The highest BCUT2D eigenvalue weighted by molar-refractivity contribution is 7.80. The van der Waals surface area contributed by atoms with Crippen molar-refractivity contribution in [1.29, 1.82) is 0 Å². The van der Waals surface area contributed by atoms with Crippen LogP contribution in [-0.4, -0.2) is 54.4 Å². The summed E-state index contributed by atoms with van der Waals surface area (Å²) in [5.74, 6) is 0.728. The molecule has 0 aromatic heterocycles. The van der Waals surface area contributed by atoms with E-state index in [4.69, 9.17) is 17.0 Å². The van der Waals surface area contributed by atoms with E-state index < -0.39 is 0 Å². The van der Waals surface area contributed by atoms with Crippen molar-refractivity contribution in [1.82, 2.24) is 15.5 Å². The van der Waals surface area contributed by atoms with Gasteiger partial charge in [0, 0.05) is 31.2 Å². The van der Waals surface area contributed by atoms with Crippen molar-refractivity contribution < 1.29 is 4.74 Å². The van der Waals surface area contributed by atoms with Gasteiger partial charge in [0.1, 0.15) is 0 Å². The Balaban J connectivity index is 1.74. The largest absolute Gasteiger partial charge is 0.379 e. The number of nitrogens with zero attached hydrogens (tertiary/aromatic N) is 1. The summed E-state index contributed by atoms with van der Waals surface area (Å²) in [5.41, 5.74) is 0.105. The minimum Gasteiger partial charge on any atom is -0.379 e. The second-order valence-electron chi connectivity index (χ2n) is 7.11. The Bertz CT molecular complexity index is 342. The van der Waals surface area contributed by atoms with E-state index in [2.05, 4.69) is 36.3 Å². The third kappa shape index (κ3) is 5.08. The molecule has 1 saturated heterocycles. The van der Waals surface area contributed by atoms with E-state index >= 15 is 0 Å².